The van der Waals surface area contributed by atoms with Crippen LogP contribution in [0, 0.1) is 0 Å². The van der Waals surface area contributed by atoms with E-state index in [4.69, 9.17) is 0 Å². The van der Waals surface area contributed by atoms with Crippen molar-refractivity contribution in [3.8, 4) is 0 Å². The molecule has 0 spiro atoms. The molecule has 2 aromatic rings. The molecule has 1 atom stereocenters. The summed E-state index contributed by atoms with van der Waals surface area (Å²) in [7, 11) is 0. The predicted molar refractivity (Wildman–Crippen MR) is 121 cm³/mol. The lowest BCUT2D eigenvalue weighted by Crippen LogP contribution is -2.24. The topological polar surface area (TPSA) is 0 Å². The Morgan fingerprint density at radius 3 is 2.00 bits per heavy atom. The van der Waals surface area contributed by atoms with Gasteiger partial charge in [-0.15, -0.1) is 0 Å². The molecule has 0 bridgehead atoms. The first-order valence-electron chi connectivity index (χ1n) is 5.86. The zero-order chi connectivity index (χ0) is 16.4. The summed E-state index contributed by atoms with van der Waals surface area (Å²) in [5.74, 6) is 0. The molecule has 0 heterocycles. The Morgan fingerprint density at radius 2 is 1.36 bits per heavy atom. The van der Waals surface area contributed by atoms with E-state index in [0.29, 0.717) is 0 Å². The summed E-state index contributed by atoms with van der Waals surface area (Å²) < 4.78 is 4.52. The largest absolute Gasteiger partial charge is 0.133 e. The number of hydrogen-bond acceptors (Lipinski definition) is 0. The van der Waals surface area contributed by atoms with E-state index in [2.05, 4.69) is 146 Å². The van der Waals surface area contributed by atoms with Crippen LogP contribution in [-0.2, 0) is 3.23 Å². The van der Waals surface area contributed by atoms with E-state index in [1.807, 2.05) is 0 Å². The maximum atomic E-state index is 3.89. The SMILES string of the molecule is Brc1cccc2c1C(Br)(Br)c1c(Br)c(Br)c(Br)c(Br)c1C2Br. The Labute approximate surface area is 195 Å². The molecule has 0 fully saturated rings. The second kappa shape index (κ2) is 6.78. The minimum absolute atomic E-state index is 0.0771. The van der Waals surface area contributed by atoms with Crippen molar-refractivity contribution in [2.45, 2.75) is 8.06 Å². The molecule has 0 saturated heterocycles. The summed E-state index contributed by atoms with van der Waals surface area (Å²) >= 11 is 30.1. The third kappa shape index (κ3) is 2.78. The van der Waals surface area contributed by atoms with Crippen LogP contribution in [0.1, 0.15) is 27.1 Å². The van der Waals surface area contributed by atoms with Crippen molar-refractivity contribution in [3.63, 3.8) is 0 Å². The van der Waals surface area contributed by atoms with E-state index in [1.165, 1.54) is 11.1 Å². The third-order valence-corrected chi connectivity index (χ3v) is 11.5. The Bertz CT molecular complexity index is 796. The van der Waals surface area contributed by atoms with Gasteiger partial charge < -0.3 is 0 Å². The zero-order valence-electron chi connectivity index (χ0n) is 10.3. The Morgan fingerprint density at radius 1 is 0.773 bits per heavy atom. The molecule has 0 aliphatic heterocycles. The molecule has 0 nitrogen and oxygen atoms in total. The minimum atomic E-state index is -0.500. The number of fused-ring (bicyclic) bond motifs is 2. The monoisotopic (exact) mass is 803 g/mol. The smallest absolute Gasteiger partial charge is 0.0786 e. The molecule has 0 N–H and O–H groups in total. The van der Waals surface area contributed by atoms with Crippen molar-refractivity contribution in [1.82, 2.24) is 0 Å². The Hall–Kier alpha value is 2.28. The maximum Gasteiger partial charge on any atom is 0.133 e. The van der Waals surface area contributed by atoms with E-state index in [1.54, 1.807) is 0 Å². The lowest BCUT2D eigenvalue weighted by atomic mass is 9.85. The number of alkyl halides is 3. The highest BCUT2D eigenvalue weighted by molar-refractivity contribution is 9.25. The number of rotatable bonds is 0. The van der Waals surface area contributed by atoms with E-state index in [-0.39, 0.29) is 4.83 Å². The Balaban J connectivity index is 2.49. The van der Waals surface area contributed by atoms with Gasteiger partial charge in [-0.1, -0.05) is 75.9 Å². The van der Waals surface area contributed by atoms with Crippen molar-refractivity contribution >= 4 is 127 Å². The van der Waals surface area contributed by atoms with E-state index >= 15 is 0 Å². The molecular weight excluding hydrogens is 807 g/mol. The fourth-order valence-corrected chi connectivity index (χ4v) is 9.83. The van der Waals surface area contributed by atoms with Gasteiger partial charge in [0.2, 0.25) is 0 Å². The molecule has 1 aliphatic rings. The first kappa shape index (κ1) is 19.1. The summed E-state index contributed by atoms with van der Waals surface area (Å²) in [6.07, 6.45) is 0. The summed E-state index contributed by atoms with van der Waals surface area (Å²) in [5, 5.41) is 0. The van der Waals surface area contributed by atoms with Crippen molar-refractivity contribution in [3.05, 3.63) is 62.8 Å². The van der Waals surface area contributed by atoms with Crippen molar-refractivity contribution in [2.75, 3.05) is 0 Å². The number of halogens is 8. The van der Waals surface area contributed by atoms with Crippen LogP contribution < -0.4 is 0 Å². The second-order valence-electron chi connectivity index (χ2n) is 4.69. The zero-order valence-corrected chi connectivity index (χ0v) is 23.0. The van der Waals surface area contributed by atoms with Gasteiger partial charge >= 0.3 is 0 Å². The van der Waals surface area contributed by atoms with Gasteiger partial charge in [-0.25, -0.2) is 0 Å². The molecule has 0 saturated carbocycles. The van der Waals surface area contributed by atoms with Gasteiger partial charge in [-0.05, 0) is 80.9 Å². The predicted octanol–water partition coefficient (Wildman–Crippen LogP) is 9.29. The van der Waals surface area contributed by atoms with Gasteiger partial charge in [-0.3, -0.25) is 0 Å². The molecule has 3 rings (SSSR count). The van der Waals surface area contributed by atoms with Crippen LogP contribution >= 0.6 is 127 Å². The summed E-state index contributed by atoms with van der Waals surface area (Å²) in [6, 6.07) is 6.24. The van der Waals surface area contributed by atoms with Crippen LogP contribution in [0.4, 0.5) is 0 Å². The first-order chi connectivity index (χ1) is 10.2. The van der Waals surface area contributed by atoms with Gasteiger partial charge in [0.25, 0.3) is 0 Å². The van der Waals surface area contributed by atoms with Crippen LogP contribution in [0.15, 0.2) is 40.6 Å². The highest BCUT2D eigenvalue weighted by Gasteiger charge is 2.44. The summed E-state index contributed by atoms with van der Waals surface area (Å²) in [6.45, 7) is 0. The second-order valence-corrected chi connectivity index (χ2v) is 13.1. The molecule has 2 aromatic carbocycles. The average molecular weight is 811 g/mol. The molecule has 1 aliphatic carbocycles. The van der Waals surface area contributed by atoms with Crippen molar-refractivity contribution in [2.24, 2.45) is 0 Å². The van der Waals surface area contributed by atoms with E-state index in [0.717, 1.165) is 33.5 Å². The molecule has 22 heavy (non-hydrogen) atoms. The maximum absolute atomic E-state index is 3.89. The molecule has 0 amide bonds. The molecule has 8 heteroatoms. The molecule has 0 radical (unpaired) electrons. The van der Waals surface area contributed by atoms with Crippen LogP contribution in [0.2, 0.25) is 0 Å². The number of benzene rings is 2. The van der Waals surface area contributed by atoms with Crippen LogP contribution in [0.25, 0.3) is 0 Å². The quantitative estimate of drug-likeness (QED) is 0.142. The molecular formula is C14H4Br8. The van der Waals surface area contributed by atoms with Gasteiger partial charge in [-0.2, -0.15) is 0 Å². The molecule has 116 valence electrons. The normalized spacial score (nSPS) is 18.8. The lowest BCUT2D eigenvalue weighted by molar-refractivity contribution is 0.932. The van der Waals surface area contributed by atoms with Crippen LogP contribution in [0.5, 0.6) is 0 Å². The average Bonchev–Trinajstić information content (AvgIpc) is 2.46. The van der Waals surface area contributed by atoms with E-state index in [9.17, 15) is 0 Å². The van der Waals surface area contributed by atoms with Gasteiger partial charge in [0.15, 0.2) is 0 Å². The highest BCUT2D eigenvalue weighted by atomic mass is 79.9. The Kier molecular flexibility index (Phi) is 5.87. The molecule has 0 aromatic heterocycles. The first-order valence-corrected chi connectivity index (χ1v) is 12.3. The third-order valence-electron chi connectivity index (χ3n) is 3.50. The highest BCUT2D eigenvalue weighted by Crippen LogP contribution is 2.62. The minimum Gasteiger partial charge on any atom is -0.0786 e. The summed E-state index contributed by atoms with van der Waals surface area (Å²) in [5.41, 5.74) is 4.65. The van der Waals surface area contributed by atoms with Crippen molar-refractivity contribution < 1.29 is 0 Å². The standard InChI is InChI=1S/C14H4Br8/c15-5-3-1-2-4-7(5)14(21,22)8-6(9(4)16)10(17)12(19)13(20)11(8)18/h1-3,9H. The van der Waals surface area contributed by atoms with Gasteiger partial charge in [0.05, 0.1) is 4.83 Å². The van der Waals surface area contributed by atoms with Gasteiger partial charge in [0.1, 0.15) is 3.23 Å². The lowest BCUT2D eigenvalue weighted by Gasteiger charge is -2.37. The van der Waals surface area contributed by atoms with Crippen LogP contribution in [-0.4, -0.2) is 0 Å². The van der Waals surface area contributed by atoms with E-state index < -0.39 is 3.23 Å². The summed E-state index contributed by atoms with van der Waals surface area (Å²) in [4.78, 5) is 0.0771. The van der Waals surface area contributed by atoms with Crippen LogP contribution in [0.3, 0.4) is 0 Å². The van der Waals surface area contributed by atoms with Crippen molar-refractivity contribution in [1.29, 1.82) is 0 Å². The number of hydrogen-bond donors (Lipinski definition) is 0. The molecule has 1 unspecified atom stereocenters. The fraction of sp³-hybridized carbons (Fsp3) is 0.143. The fourth-order valence-electron chi connectivity index (χ4n) is 2.56. The van der Waals surface area contributed by atoms with Gasteiger partial charge in [0, 0.05) is 33.5 Å².